The third-order valence-corrected chi connectivity index (χ3v) is 4.85. The van der Waals surface area contributed by atoms with Crippen LogP contribution in [-0.4, -0.2) is 62.3 Å². The van der Waals surface area contributed by atoms with Gasteiger partial charge in [0.05, 0.1) is 0 Å². The van der Waals surface area contributed by atoms with Gasteiger partial charge in [0.2, 0.25) is 5.95 Å². The van der Waals surface area contributed by atoms with Gasteiger partial charge in [-0.25, -0.2) is 14.8 Å². The van der Waals surface area contributed by atoms with E-state index >= 15 is 0 Å². The highest BCUT2D eigenvalue weighted by atomic mass is 19.4. The highest BCUT2D eigenvalue weighted by Crippen LogP contribution is 2.34. The monoisotopic (exact) mass is 395 g/mol. The Morgan fingerprint density at radius 3 is 2.39 bits per heavy atom. The van der Waals surface area contributed by atoms with Gasteiger partial charge in [-0.2, -0.15) is 13.2 Å². The summed E-state index contributed by atoms with van der Waals surface area (Å²) in [6, 6.07) is 7.23. The normalized spacial score (nSPS) is 21.8. The van der Waals surface area contributed by atoms with Gasteiger partial charge in [-0.15, -0.1) is 0 Å². The zero-order chi connectivity index (χ0) is 20.1. The minimum atomic E-state index is -5.08. The van der Waals surface area contributed by atoms with Gasteiger partial charge >= 0.3 is 12.1 Å². The summed E-state index contributed by atoms with van der Waals surface area (Å²) < 4.78 is 31.7. The lowest BCUT2D eigenvalue weighted by Crippen LogP contribution is -2.37. The van der Waals surface area contributed by atoms with Crippen LogP contribution >= 0.6 is 0 Å². The number of halogens is 3. The number of likely N-dealkylation sites (tertiary alicyclic amines) is 1. The maximum Gasteiger partial charge on any atom is 0.490 e. The van der Waals surface area contributed by atoms with Gasteiger partial charge in [-0.3, -0.25) is 9.88 Å². The van der Waals surface area contributed by atoms with Gasteiger partial charge in [0, 0.05) is 56.5 Å². The number of carbonyl (C=O) groups is 1. The summed E-state index contributed by atoms with van der Waals surface area (Å²) in [4.78, 5) is 26.9. The van der Waals surface area contributed by atoms with Crippen molar-refractivity contribution in [3.63, 3.8) is 0 Å². The van der Waals surface area contributed by atoms with Crippen molar-refractivity contribution in [2.75, 3.05) is 18.0 Å². The van der Waals surface area contributed by atoms with Crippen LogP contribution in [0.5, 0.6) is 0 Å². The molecule has 2 saturated heterocycles. The predicted molar refractivity (Wildman–Crippen MR) is 94.5 cm³/mol. The number of nitrogens with zero attached hydrogens (tertiary/aromatic N) is 5. The van der Waals surface area contributed by atoms with Crippen LogP contribution in [0.2, 0.25) is 0 Å². The first-order chi connectivity index (χ1) is 13.4. The van der Waals surface area contributed by atoms with Crippen molar-refractivity contribution in [3.05, 3.63) is 48.5 Å². The standard InChI is InChI=1S/C16H19N5.C2HF3O2/c1-3-13(11-17-6-1)12-20-9-4-15-14(20)5-10-21(15)16-18-7-2-8-19-16;3-2(4,5)1(6)7/h1-3,6-8,11,14-15H,4-5,9-10,12H2;(H,6,7)/t14-,15+;/m1./s1. The number of aromatic nitrogens is 3. The molecule has 2 aromatic rings. The van der Waals surface area contributed by atoms with Crippen LogP contribution in [0.15, 0.2) is 43.0 Å². The van der Waals surface area contributed by atoms with Gasteiger partial charge < -0.3 is 10.0 Å². The number of hydrogen-bond donors (Lipinski definition) is 1. The Bertz CT molecular complexity index is 776. The summed E-state index contributed by atoms with van der Waals surface area (Å²) in [6.07, 6.45) is 4.78. The largest absolute Gasteiger partial charge is 0.490 e. The Kier molecular flexibility index (Phi) is 6.08. The minimum Gasteiger partial charge on any atom is -0.475 e. The molecule has 4 heterocycles. The number of alkyl halides is 3. The average molecular weight is 395 g/mol. The molecule has 0 amide bonds. The van der Waals surface area contributed by atoms with E-state index in [9.17, 15) is 13.2 Å². The molecular weight excluding hydrogens is 375 g/mol. The highest BCUT2D eigenvalue weighted by Gasteiger charge is 2.43. The van der Waals surface area contributed by atoms with E-state index in [-0.39, 0.29) is 0 Å². The van der Waals surface area contributed by atoms with Crippen LogP contribution < -0.4 is 4.90 Å². The van der Waals surface area contributed by atoms with Gasteiger partial charge in [0.25, 0.3) is 0 Å². The van der Waals surface area contributed by atoms with E-state index in [1.54, 1.807) is 0 Å². The summed E-state index contributed by atoms with van der Waals surface area (Å²) >= 11 is 0. The van der Waals surface area contributed by atoms with E-state index in [4.69, 9.17) is 9.90 Å². The quantitative estimate of drug-likeness (QED) is 0.854. The van der Waals surface area contributed by atoms with E-state index < -0.39 is 12.1 Å². The zero-order valence-corrected chi connectivity index (χ0v) is 15.0. The Labute approximate surface area is 159 Å². The van der Waals surface area contributed by atoms with E-state index in [0.29, 0.717) is 12.1 Å². The molecule has 2 aromatic heterocycles. The van der Waals surface area contributed by atoms with E-state index in [2.05, 4.69) is 30.8 Å². The molecule has 1 N–H and O–H groups in total. The second kappa shape index (κ2) is 8.51. The van der Waals surface area contributed by atoms with E-state index in [1.165, 1.54) is 18.4 Å². The molecule has 4 rings (SSSR count). The topological polar surface area (TPSA) is 82.5 Å². The number of carboxylic acid groups (broad SMARTS) is 1. The molecule has 0 radical (unpaired) electrons. The fourth-order valence-electron chi connectivity index (χ4n) is 3.69. The molecule has 150 valence electrons. The van der Waals surface area contributed by atoms with Gasteiger partial charge in [-0.1, -0.05) is 6.07 Å². The lowest BCUT2D eigenvalue weighted by molar-refractivity contribution is -0.192. The number of pyridine rings is 1. The Balaban J connectivity index is 0.000000279. The Hall–Kier alpha value is -2.75. The fourth-order valence-corrected chi connectivity index (χ4v) is 3.69. The van der Waals surface area contributed by atoms with Crippen LogP contribution in [0.4, 0.5) is 19.1 Å². The number of carboxylic acids is 1. The van der Waals surface area contributed by atoms with E-state index in [1.807, 2.05) is 36.9 Å². The third-order valence-electron chi connectivity index (χ3n) is 4.85. The maximum absolute atomic E-state index is 10.6. The summed E-state index contributed by atoms with van der Waals surface area (Å²) in [5, 5.41) is 7.12. The van der Waals surface area contributed by atoms with Gasteiger partial charge in [0.15, 0.2) is 0 Å². The molecule has 0 unspecified atom stereocenters. The lowest BCUT2D eigenvalue weighted by Gasteiger charge is -2.25. The molecule has 28 heavy (non-hydrogen) atoms. The highest BCUT2D eigenvalue weighted by molar-refractivity contribution is 5.73. The molecule has 0 aliphatic carbocycles. The number of hydrogen-bond acceptors (Lipinski definition) is 6. The van der Waals surface area contributed by atoms with Crippen molar-refractivity contribution in [1.29, 1.82) is 0 Å². The van der Waals surface area contributed by atoms with Crippen LogP contribution in [0.3, 0.4) is 0 Å². The molecule has 0 bridgehead atoms. The first-order valence-electron chi connectivity index (χ1n) is 8.83. The molecule has 7 nitrogen and oxygen atoms in total. The number of anilines is 1. The van der Waals surface area contributed by atoms with Gasteiger partial charge in [-0.05, 0) is 30.5 Å². The van der Waals surface area contributed by atoms with Crippen molar-refractivity contribution in [2.45, 2.75) is 37.6 Å². The minimum absolute atomic E-state index is 0.559. The SMILES string of the molecule is O=C(O)C(F)(F)F.c1cnc(N2CC[C@@H]3[C@@H]2CCN3Cc2cccnc2)nc1. The Morgan fingerprint density at radius 2 is 1.79 bits per heavy atom. The molecule has 2 aliphatic heterocycles. The number of aliphatic carboxylic acids is 1. The average Bonchev–Trinajstić information content (AvgIpc) is 3.26. The maximum atomic E-state index is 10.6. The molecular formula is C18H20F3N5O2. The third kappa shape index (κ3) is 4.75. The summed E-state index contributed by atoms with van der Waals surface area (Å²) in [7, 11) is 0. The first kappa shape index (κ1) is 20.0. The van der Waals surface area contributed by atoms with Crippen LogP contribution in [0, 0.1) is 0 Å². The van der Waals surface area contributed by atoms with Crippen LogP contribution in [-0.2, 0) is 11.3 Å². The first-order valence-corrected chi connectivity index (χ1v) is 8.83. The summed E-state index contributed by atoms with van der Waals surface area (Å²) in [6.45, 7) is 3.20. The molecule has 2 atom stereocenters. The van der Waals surface area contributed by atoms with Gasteiger partial charge in [0.1, 0.15) is 0 Å². The van der Waals surface area contributed by atoms with E-state index in [0.717, 1.165) is 25.6 Å². The second-order valence-electron chi connectivity index (χ2n) is 6.59. The summed E-state index contributed by atoms with van der Waals surface area (Å²) in [5.74, 6) is -1.87. The zero-order valence-electron chi connectivity index (χ0n) is 15.0. The lowest BCUT2D eigenvalue weighted by atomic mass is 10.1. The van der Waals surface area contributed by atoms with Crippen LogP contribution in [0.1, 0.15) is 18.4 Å². The molecule has 0 saturated carbocycles. The number of fused-ring (bicyclic) bond motifs is 1. The molecule has 2 fully saturated rings. The Morgan fingerprint density at radius 1 is 1.11 bits per heavy atom. The summed E-state index contributed by atoms with van der Waals surface area (Å²) in [5.41, 5.74) is 1.30. The molecule has 10 heteroatoms. The van der Waals surface area contributed by atoms with Crippen molar-refractivity contribution in [2.24, 2.45) is 0 Å². The van der Waals surface area contributed by atoms with Crippen molar-refractivity contribution in [3.8, 4) is 0 Å². The molecule has 0 spiro atoms. The van der Waals surface area contributed by atoms with Crippen LogP contribution in [0.25, 0.3) is 0 Å². The van der Waals surface area contributed by atoms with Crippen molar-refractivity contribution < 1.29 is 23.1 Å². The van der Waals surface area contributed by atoms with Crippen molar-refractivity contribution in [1.82, 2.24) is 19.9 Å². The fraction of sp³-hybridized carbons (Fsp3) is 0.444. The predicted octanol–water partition coefficient (Wildman–Crippen LogP) is 2.36. The second-order valence-corrected chi connectivity index (χ2v) is 6.59. The number of rotatable bonds is 3. The smallest absolute Gasteiger partial charge is 0.475 e. The molecule has 2 aliphatic rings. The van der Waals surface area contributed by atoms with Crippen molar-refractivity contribution >= 4 is 11.9 Å². The molecule has 0 aromatic carbocycles.